The number of nitrogens with zero attached hydrogens (tertiary/aromatic N) is 5. The number of aliphatic hydroxyl groups is 1. The molecule has 19 heteroatoms. The molecule has 9 rings (SSSR count). The molecule has 0 spiro atoms. The molecule has 4 aliphatic rings. The molecule has 4 N–H and O–H groups in total. The van der Waals surface area contributed by atoms with Crippen LogP contribution in [0.3, 0.4) is 0 Å². The van der Waals surface area contributed by atoms with E-state index in [1.54, 1.807) is 12.3 Å². The molecule has 5 aromatic rings. The number of alkyl halides is 1. The number of fused-ring (bicyclic) bond motifs is 1. The van der Waals surface area contributed by atoms with Gasteiger partial charge in [0.1, 0.15) is 23.7 Å². The Balaban J connectivity index is 0.796. The molecule has 0 bridgehead atoms. The molecule has 2 unspecified atom stereocenters. The summed E-state index contributed by atoms with van der Waals surface area (Å²) in [5, 5.41) is 14.4. The molecule has 68 heavy (non-hydrogen) atoms. The molecule has 3 amide bonds. The Morgan fingerprint density at radius 1 is 0.971 bits per heavy atom. The number of hydrogen-bond acceptors (Lipinski definition) is 10. The predicted molar refractivity (Wildman–Crippen MR) is 249 cm³/mol. The monoisotopic (exact) mass is 954 g/mol. The van der Waals surface area contributed by atoms with Crippen molar-refractivity contribution >= 4 is 56.6 Å². The van der Waals surface area contributed by atoms with Crippen LogP contribution in [0.1, 0.15) is 83.5 Å². The molecule has 4 aliphatic heterocycles. The van der Waals surface area contributed by atoms with Crippen LogP contribution in [-0.4, -0.2) is 125 Å². The maximum atomic E-state index is 15.8. The average molecular weight is 955 g/mol. The molecule has 15 nitrogen and oxygen atoms in total. The Morgan fingerprint density at radius 3 is 2.41 bits per heavy atom. The number of nitrogens with one attached hydrogen (secondary N) is 3. The molecule has 0 saturated carbocycles. The van der Waals surface area contributed by atoms with Crippen LogP contribution in [0.2, 0.25) is 0 Å². The van der Waals surface area contributed by atoms with Crippen LogP contribution in [-0.2, 0) is 31.1 Å². The molecular formula is C49H53F3N8O7S. The standard InChI is InChI=1S/C49H53F3N8O7S/c1-30-2-3-33(22-35(30)26-59(29-61)42-10-11-43(62)55-48(42)64)32-12-17-57(18-13-32)28-49(65)15-20-58(21-16-49)37-6-4-31(5-7-37)34-23-38-39(25-54-47(38)53-24-34)46(63)44-40(51)8-9-41(45(44)52)56-68(66,67)60-19-14-36(50)27-60/h2-9,22-25,29,32,36,42,56,65H,10-21,26-28H2,1H3,(H,53,54)(H,55,62,64). The summed E-state index contributed by atoms with van der Waals surface area (Å²) in [5.74, 6) is -4.04. The van der Waals surface area contributed by atoms with Gasteiger partial charge in [-0.1, -0.05) is 30.3 Å². The lowest BCUT2D eigenvalue weighted by molar-refractivity contribution is -0.141. The Kier molecular flexibility index (Phi) is 13.2. The molecule has 0 aliphatic carbocycles. The second kappa shape index (κ2) is 19.1. The van der Waals surface area contributed by atoms with E-state index >= 15 is 8.78 Å². The highest BCUT2D eigenvalue weighted by Gasteiger charge is 2.37. The molecule has 2 atom stereocenters. The first-order valence-corrected chi connectivity index (χ1v) is 24.4. The Labute approximate surface area is 391 Å². The summed E-state index contributed by atoms with van der Waals surface area (Å²) in [4.78, 5) is 63.3. The van der Waals surface area contributed by atoms with Gasteiger partial charge in [0.25, 0.3) is 0 Å². The number of likely N-dealkylation sites (tertiary alicyclic amines) is 1. The number of aromatic nitrogens is 2. The van der Waals surface area contributed by atoms with E-state index in [4.69, 9.17) is 0 Å². The number of aromatic amines is 1. The smallest absolute Gasteiger partial charge is 0.301 e. The number of β-amino-alcohol motifs (C(OH)–C–C–N with tert-alkyl or cyclic N) is 1. The van der Waals surface area contributed by atoms with Crippen LogP contribution in [0.25, 0.3) is 22.2 Å². The summed E-state index contributed by atoms with van der Waals surface area (Å²) in [5.41, 5.74) is 3.40. The number of amides is 3. The molecule has 2 aromatic heterocycles. The number of ketones is 1. The van der Waals surface area contributed by atoms with E-state index in [0.29, 0.717) is 67.8 Å². The van der Waals surface area contributed by atoms with Crippen molar-refractivity contribution in [2.24, 2.45) is 0 Å². The first-order valence-electron chi connectivity index (χ1n) is 22.9. The predicted octanol–water partition coefficient (Wildman–Crippen LogP) is 5.72. The van der Waals surface area contributed by atoms with Gasteiger partial charge in [-0.2, -0.15) is 12.7 Å². The van der Waals surface area contributed by atoms with Crippen molar-refractivity contribution in [1.82, 2.24) is 29.4 Å². The summed E-state index contributed by atoms with van der Waals surface area (Å²) >= 11 is 0. The van der Waals surface area contributed by atoms with E-state index in [-0.39, 0.29) is 37.4 Å². The van der Waals surface area contributed by atoms with Crippen LogP contribution in [0, 0.1) is 18.6 Å². The molecule has 4 fully saturated rings. The van der Waals surface area contributed by atoms with Crippen molar-refractivity contribution in [3.8, 4) is 11.1 Å². The summed E-state index contributed by atoms with van der Waals surface area (Å²) in [7, 11) is -4.37. The number of benzene rings is 3. The number of carbonyl (C=O) groups excluding carboxylic acids is 4. The molecule has 358 valence electrons. The Morgan fingerprint density at radius 2 is 1.72 bits per heavy atom. The number of H-pyrrole nitrogens is 1. The van der Waals surface area contributed by atoms with Gasteiger partial charge in [0.2, 0.25) is 24.0 Å². The largest absolute Gasteiger partial charge is 0.388 e. The lowest BCUT2D eigenvalue weighted by atomic mass is 9.85. The minimum atomic E-state index is -4.37. The summed E-state index contributed by atoms with van der Waals surface area (Å²) in [6.07, 6.45) is 5.78. The number of pyridine rings is 1. The second-order valence-electron chi connectivity index (χ2n) is 18.5. The number of piperidine rings is 3. The van der Waals surface area contributed by atoms with E-state index in [2.05, 4.69) is 43.3 Å². The zero-order valence-electron chi connectivity index (χ0n) is 37.5. The number of rotatable bonds is 14. The van der Waals surface area contributed by atoms with Gasteiger partial charge in [-0.3, -0.25) is 29.2 Å². The summed E-state index contributed by atoms with van der Waals surface area (Å²) in [6, 6.07) is 16.8. The average Bonchev–Trinajstić information content (AvgIpc) is 3.97. The van der Waals surface area contributed by atoms with Crippen molar-refractivity contribution in [1.29, 1.82) is 0 Å². The maximum Gasteiger partial charge on any atom is 0.301 e. The van der Waals surface area contributed by atoms with E-state index in [0.717, 1.165) is 64.7 Å². The molecular weight excluding hydrogens is 902 g/mol. The van der Waals surface area contributed by atoms with E-state index in [9.17, 15) is 37.1 Å². The van der Waals surface area contributed by atoms with E-state index in [1.165, 1.54) is 16.7 Å². The maximum absolute atomic E-state index is 15.8. The molecule has 0 radical (unpaired) electrons. The topological polar surface area (TPSA) is 188 Å². The quantitative estimate of drug-likeness (QED) is 0.0609. The Hall–Kier alpha value is -6.15. The zero-order valence-corrected chi connectivity index (χ0v) is 38.3. The zero-order chi connectivity index (χ0) is 47.9. The number of aryl methyl sites for hydroxylation is 1. The van der Waals surface area contributed by atoms with Crippen LogP contribution < -0.4 is 14.9 Å². The van der Waals surface area contributed by atoms with Crippen molar-refractivity contribution in [3.05, 3.63) is 113 Å². The highest BCUT2D eigenvalue weighted by Crippen LogP contribution is 2.35. The van der Waals surface area contributed by atoms with Gasteiger partial charge in [-0.25, -0.2) is 18.2 Å². The van der Waals surface area contributed by atoms with Gasteiger partial charge in [0, 0.05) is 80.3 Å². The van der Waals surface area contributed by atoms with Crippen LogP contribution in [0.15, 0.2) is 73.1 Å². The number of carbonyl (C=O) groups is 4. The molecule has 3 aromatic carbocycles. The highest BCUT2D eigenvalue weighted by atomic mass is 32.2. The van der Waals surface area contributed by atoms with Gasteiger partial charge < -0.3 is 24.8 Å². The van der Waals surface area contributed by atoms with E-state index in [1.807, 2.05) is 35.9 Å². The van der Waals surface area contributed by atoms with Crippen LogP contribution in [0.5, 0.6) is 0 Å². The normalized spacial score (nSPS) is 20.7. The summed E-state index contributed by atoms with van der Waals surface area (Å²) in [6.45, 7) is 5.34. The number of imide groups is 1. The fourth-order valence-electron chi connectivity index (χ4n) is 10.0. The minimum Gasteiger partial charge on any atom is -0.388 e. The van der Waals surface area contributed by atoms with Crippen molar-refractivity contribution < 1.29 is 45.9 Å². The number of halogens is 3. The van der Waals surface area contributed by atoms with Gasteiger partial charge in [0.05, 0.1) is 16.9 Å². The van der Waals surface area contributed by atoms with Crippen LogP contribution >= 0.6 is 0 Å². The van der Waals surface area contributed by atoms with Crippen molar-refractivity contribution in [2.45, 2.75) is 82.1 Å². The fraction of sp³-hybridized carbons (Fsp3) is 0.408. The first kappa shape index (κ1) is 46.9. The van der Waals surface area contributed by atoms with Gasteiger partial charge in [-0.15, -0.1) is 0 Å². The van der Waals surface area contributed by atoms with Crippen molar-refractivity contribution in [3.63, 3.8) is 0 Å². The third-order valence-corrected chi connectivity index (χ3v) is 15.6. The second-order valence-corrected chi connectivity index (χ2v) is 20.2. The van der Waals surface area contributed by atoms with Crippen LogP contribution in [0.4, 0.5) is 24.5 Å². The van der Waals surface area contributed by atoms with E-state index < -0.39 is 69.1 Å². The fourth-order valence-corrected chi connectivity index (χ4v) is 11.3. The Bertz CT molecular complexity index is 2860. The lowest BCUT2D eigenvalue weighted by Crippen LogP contribution is -2.52. The minimum absolute atomic E-state index is 0.00495. The third kappa shape index (κ3) is 9.74. The highest BCUT2D eigenvalue weighted by molar-refractivity contribution is 7.90. The SMILES string of the molecule is Cc1ccc(C2CCN(CC3(O)CCN(c4ccc(-c5cnc6[nH]cc(C(=O)c7c(F)ccc(NS(=O)(=O)N8CCC(F)C8)c7F)c6c5)cc4)CC3)CC2)cc1CN(C=O)C1CCC(=O)NC1=O. The van der Waals surface area contributed by atoms with Gasteiger partial charge in [-0.05, 0) is 117 Å². The number of hydrogen-bond donors (Lipinski definition) is 4. The summed E-state index contributed by atoms with van der Waals surface area (Å²) < 4.78 is 73.2. The lowest BCUT2D eigenvalue weighted by Gasteiger charge is -2.43. The molecule has 6 heterocycles. The molecule has 4 saturated heterocycles. The third-order valence-electron chi connectivity index (χ3n) is 14.1. The van der Waals surface area contributed by atoms with Gasteiger partial charge in [0.15, 0.2) is 5.82 Å². The van der Waals surface area contributed by atoms with Gasteiger partial charge >= 0.3 is 10.2 Å². The number of anilines is 2. The first-order chi connectivity index (χ1) is 32.6. The van der Waals surface area contributed by atoms with Crippen molar-refractivity contribution in [2.75, 3.05) is 55.4 Å².